The van der Waals surface area contributed by atoms with Gasteiger partial charge in [-0.2, -0.15) is 5.26 Å². The molecule has 2 aromatic rings. The number of hydrogen-bond donors (Lipinski definition) is 0. The van der Waals surface area contributed by atoms with Crippen molar-refractivity contribution >= 4 is 11.6 Å². The minimum Gasteiger partial charge on any atom is -0.326 e. The zero-order valence-corrected chi connectivity index (χ0v) is 18.3. The van der Waals surface area contributed by atoms with Crippen molar-refractivity contribution < 1.29 is 4.79 Å². The first-order chi connectivity index (χ1) is 14.4. The molecule has 0 aromatic carbocycles. The zero-order valence-electron chi connectivity index (χ0n) is 18.3. The van der Waals surface area contributed by atoms with Gasteiger partial charge in [-0.15, -0.1) is 10.2 Å². The van der Waals surface area contributed by atoms with E-state index in [2.05, 4.69) is 32.5 Å². The van der Waals surface area contributed by atoms with E-state index < -0.39 is 5.54 Å². The lowest BCUT2D eigenvalue weighted by Gasteiger charge is -2.43. The van der Waals surface area contributed by atoms with Crippen molar-refractivity contribution in [2.75, 3.05) is 20.1 Å². The summed E-state index contributed by atoms with van der Waals surface area (Å²) in [6, 6.07) is 8.22. The third-order valence-corrected chi connectivity index (χ3v) is 7.42. The van der Waals surface area contributed by atoms with Gasteiger partial charge in [0.1, 0.15) is 11.4 Å². The number of piperidine rings is 1. The predicted molar refractivity (Wildman–Crippen MR) is 115 cm³/mol. The maximum atomic E-state index is 13.3. The van der Waals surface area contributed by atoms with E-state index in [1.165, 1.54) is 0 Å². The smallest absolute Gasteiger partial charge is 0.240 e. The Labute approximate surface area is 178 Å². The number of aromatic nitrogens is 3. The molecule has 0 bridgehead atoms. The predicted octanol–water partition coefficient (Wildman–Crippen LogP) is 3.23. The molecule has 1 saturated carbocycles. The zero-order chi connectivity index (χ0) is 21.3. The molecular formula is C23H32N6O. The summed E-state index contributed by atoms with van der Waals surface area (Å²) in [6.07, 6.45) is 7.51. The molecule has 0 N–H and O–H groups in total. The van der Waals surface area contributed by atoms with Crippen LogP contribution in [0.4, 0.5) is 0 Å². The van der Waals surface area contributed by atoms with E-state index in [0.29, 0.717) is 11.8 Å². The van der Waals surface area contributed by atoms with Gasteiger partial charge in [-0.05, 0) is 76.6 Å². The van der Waals surface area contributed by atoms with Crippen molar-refractivity contribution in [3.05, 3.63) is 30.2 Å². The molecule has 0 spiro atoms. The molecule has 1 aliphatic carbocycles. The standard InChI is InChI=1S/C23H32N6O/c1-17-7-11-23(16-24,12-8-17)27(3)22(30)18(2)28-14-9-19(10-15-28)21-26-25-20-6-4-5-13-29(20)21/h4-6,13,17-19H,7-12,14-15H2,1-3H3. The Bertz CT molecular complexity index is 931. The highest BCUT2D eigenvalue weighted by Crippen LogP contribution is 2.36. The van der Waals surface area contributed by atoms with Crippen LogP contribution in [0.1, 0.15) is 64.1 Å². The van der Waals surface area contributed by atoms with Gasteiger partial charge in [-0.25, -0.2) is 0 Å². The van der Waals surface area contributed by atoms with Crippen molar-refractivity contribution in [3.63, 3.8) is 0 Å². The molecule has 2 fully saturated rings. The van der Waals surface area contributed by atoms with Crippen LogP contribution in [0, 0.1) is 17.2 Å². The van der Waals surface area contributed by atoms with Crippen molar-refractivity contribution in [1.29, 1.82) is 5.26 Å². The lowest BCUT2D eigenvalue weighted by Crippen LogP contribution is -2.56. The Hall–Kier alpha value is -2.46. The van der Waals surface area contributed by atoms with Crippen LogP contribution in [-0.2, 0) is 4.79 Å². The van der Waals surface area contributed by atoms with E-state index in [1.54, 1.807) is 4.90 Å². The fourth-order valence-corrected chi connectivity index (χ4v) is 5.09. The third-order valence-electron chi connectivity index (χ3n) is 7.42. The van der Waals surface area contributed by atoms with Crippen LogP contribution < -0.4 is 0 Å². The number of nitriles is 1. The number of likely N-dealkylation sites (tertiary alicyclic amines) is 1. The Morgan fingerprint density at radius 2 is 1.93 bits per heavy atom. The molecule has 1 unspecified atom stereocenters. The lowest BCUT2D eigenvalue weighted by molar-refractivity contribution is -0.140. The van der Waals surface area contributed by atoms with E-state index in [4.69, 9.17) is 0 Å². The van der Waals surface area contributed by atoms with E-state index in [0.717, 1.165) is 63.1 Å². The number of rotatable bonds is 4. The topological polar surface area (TPSA) is 77.5 Å². The van der Waals surface area contributed by atoms with Crippen LogP contribution >= 0.6 is 0 Å². The van der Waals surface area contributed by atoms with Gasteiger partial charge >= 0.3 is 0 Å². The number of carbonyl (C=O) groups excluding carboxylic acids is 1. The second-order valence-electron chi connectivity index (χ2n) is 9.20. The summed E-state index contributed by atoms with van der Waals surface area (Å²) in [7, 11) is 1.83. The first kappa shape index (κ1) is 20.8. The molecule has 7 nitrogen and oxygen atoms in total. The second-order valence-corrected chi connectivity index (χ2v) is 9.20. The van der Waals surface area contributed by atoms with Crippen LogP contribution in [0.3, 0.4) is 0 Å². The van der Waals surface area contributed by atoms with Gasteiger partial charge in [0.2, 0.25) is 5.91 Å². The van der Waals surface area contributed by atoms with Gasteiger partial charge in [0.15, 0.2) is 5.65 Å². The molecule has 1 saturated heterocycles. The molecule has 4 rings (SSSR count). The molecule has 7 heteroatoms. The molecule has 1 atom stereocenters. The van der Waals surface area contributed by atoms with Gasteiger partial charge in [-0.1, -0.05) is 13.0 Å². The van der Waals surface area contributed by atoms with Gasteiger partial charge in [0.05, 0.1) is 12.1 Å². The number of carbonyl (C=O) groups is 1. The van der Waals surface area contributed by atoms with Crippen LogP contribution in [0.15, 0.2) is 24.4 Å². The Balaban J connectivity index is 1.39. The fraction of sp³-hybridized carbons (Fsp3) is 0.652. The van der Waals surface area contributed by atoms with Crippen LogP contribution in [0.5, 0.6) is 0 Å². The summed E-state index contributed by atoms with van der Waals surface area (Å²) in [4.78, 5) is 17.3. The monoisotopic (exact) mass is 408 g/mol. The number of likely N-dealkylation sites (N-methyl/N-ethyl adjacent to an activating group) is 1. The average molecular weight is 409 g/mol. The second kappa shape index (κ2) is 8.35. The van der Waals surface area contributed by atoms with Gasteiger partial charge < -0.3 is 4.90 Å². The highest BCUT2D eigenvalue weighted by molar-refractivity contribution is 5.82. The normalized spacial score (nSPS) is 26.9. The van der Waals surface area contributed by atoms with Crippen LogP contribution in [-0.4, -0.2) is 62.0 Å². The molecule has 0 radical (unpaired) electrons. The summed E-state index contributed by atoms with van der Waals surface area (Å²) < 4.78 is 2.07. The quantitative estimate of drug-likeness (QED) is 0.776. The van der Waals surface area contributed by atoms with Gasteiger partial charge in [0, 0.05) is 19.2 Å². The van der Waals surface area contributed by atoms with Crippen LogP contribution in [0.2, 0.25) is 0 Å². The van der Waals surface area contributed by atoms with E-state index in [9.17, 15) is 10.1 Å². The maximum Gasteiger partial charge on any atom is 0.240 e. The minimum atomic E-state index is -0.642. The van der Waals surface area contributed by atoms with Crippen LogP contribution in [0.25, 0.3) is 5.65 Å². The van der Waals surface area contributed by atoms with Gasteiger partial charge in [-0.3, -0.25) is 14.1 Å². The number of fused-ring (bicyclic) bond motifs is 1. The van der Waals surface area contributed by atoms with E-state index >= 15 is 0 Å². The Morgan fingerprint density at radius 1 is 1.23 bits per heavy atom. The summed E-state index contributed by atoms with van der Waals surface area (Å²) in [5, 5.41) is 18.6. The highest BCUT2D eigenvalue weighted by atomic mass is 16.2. The highest BCUT2D eigenvalue weighted by Gasteiger charge is 2.42. The molecule has 30 heavy (non-hydrogen) atoms. The molecule has 1 amide bonds. The minimum absolute atomic E-state index is 0.0671. The van der Waals surface area contributed by atoms with E-state index in [1.807, 2.05) is 38.4 Å². The average Bonchev–Trinajstić information content (AvgIpc) is 3.23. The van der Waals surface area contributed by atoms with Crippen molar-refractivity contribution in [1.82, 2.24) is 24.4 Å². The van der Waals surface area contributed by atoms with Crippen molar-refractivity contribution in [3.8, 4) is 6.07 Å². The largest absolute Gasteiger partial charge is 0.326 e. The third kappa shape index (κ3) is 3.69. The fourth-order valence-electron chi connectivity index (χ4n) is 5.09. The summed E-state index contributed by atoms with van der Waals surface area (Å²) in [5.74, 6) is 2.07. The number of hydrogen-bond acceptors (Lipinski definition) is 5. The van der Waals surface area contributed by atoms with E-state index in [-0.39, 0.29) is 11.9 Å². The summed E-state index contributed by atoms with van der Waals surface area (Å²) in [6.45, 7) is 5.92. The molecular weight excluding hydrogens is 376 g/mol. The number of amides is 1. The molecule has 2 aliphatic rings. The maximum absolute atomic E-state index is 13.3. The number of pyridine rings is 1. The molecule has 1 aliphatic heterocycles. The summed E-state index contributed by atoms with van der Waals surface area (Å²) >= 11 is 0. The molecule has 3 heterocycles. The first-order valence-corrected chi connectivity index (χ1v) is 11.2. The van der Waals surface area contributed by atoms with Crippen molar-refractivity contribution in [2.45, 2.75) is 69.9 Å². The van der Waals surface area contributed by atoms with Gasteiger partial charge in [0.25, 0.3) is 0 Å². The number of nitrogens with zero attached hydrogens (tertiary/aromatic N) is 6. The molecule has 2 aromatic heterocycles. The summed E-state index contributed by atoms with van der Waals surface area (Å²) in [5.41, 5.74) is 0.236. The SMILES string of the molecule is CC1CCC(C#N)(N(C)C(=O)C(C)N2CCC(c3nnc4ccccn34)CC2)CC1. The Kier molecular flexibility index (Phi) is 5.79. The Morgan fingerprint density at radius 3 is 2.60 bits per heavy atom. The first-order valence-electron chi connectivity index (χ1n) is 11.2. The van der Waals surface area contributed by atoms with Crippen molar-refractivity contribution in [2.24, 2.45) is 5.92 Å². The molecule has 160 valence electrons. The lowest BCUT2D eigenvalue weighted by atomic mass is 9.77.